The lowest BCUT2D eigenvalue weighted by Gasteiger charge is -2.21. The maximum Gasteiger partial charge on any atom is 0.416 e. The average Bonchev–Trinajstić information content (AvgIpc) is 2.37. The summed E-state index contributed by atoms with van der Waals surface area (Å²) in [6.07, 6.45) is -4.61. The highest BCUT2D eigenvalue weighted by Crippen LogP contribution is 2.44. The van der Waals surface area contributed by atoms with Gasteiger partial charge in [0.2, 0.25) is 9.84 Å². The number of ether oxygens (including phenoxy) is 1. The molecule has 1 aliphatic rings. The second-order valence-electron chi connectivity index (χ2n) is 4.21. The van der Waals surface area contributed by atoms with E-state index >= 15 is 0 Å². The van der Waals surface area contributed by atoms with Crippen molar-refractivity contribution in [2.45, 2.75) is 16.0 Å². The molecule has 0 amide bonds. The number of alkyl halides is 3. The minimum atomic E-state index is -4.61. The predicted molar refractivity (Wildman–Crippen MR) is 63.4 cm³/mol. The van der Waals surface area contributed by atoms with Crippen LogP contribution >= 0.6 is 0 Å². The summed E-state index contributed by atoms with van der Waals surface area (Å²) in [5.41, 5.74) is -1.03. The van der Waals surface area contributed by atoms with Gasteiger partial charge in [-0.25, -0.2) is 8.42 Å². The van der Waals surface area contributed by atoms with Gasteiger partial charge in [-0.05, 0) is 30.3 Å². The Morgan fingerprint density at radius 1 is 0.900 bits per heavy atom. The minimum absolute atomic E-state index is 0.100. The van der Waals surface area contributed by atoms with Gasteiger partial charge >= 0.3 is 6.18 Å². The monoisotopic (exact) mass is 300 g/mol. The van der Waals surface area contributed by atoms with Crippen molar-refractivity contribution >= 4 is 9.84 Å². The standard InChI is InChI=1S/C13H7F3O3S/c14-13(15,16)8-5-6-10-12(7-8)20(17,18)11-4-2-1-3-9(11)19-10/h1-7H. The summed E-state index contributed by atoms with van der Waals surface area (Å²) in [5.74, 6) is 0.0106. The van der Waals surface area contributed by atoms with Crippen LogP contribution in [0.1, 0.15) is 5.56 Å². The van der Waals surface area contributed by atoms with E-state index in [1.807, 2.05) is 0 Å². The van der Waals surface area contributed by atoms with Crippen molar-refractivity contribution in [2.75, 3.05) is 0 Å². The Morgan fingerprint density at radius 2 is 1.55 bits per heavy atom. The van der Waals surface area contributed by atoms with Crippen molar-refractivity contribution in [3.05, 3.63) is 48.0 Å². The summed E-state index contributed by atoms with van der Waals surface area (Å²) < 4.78 is 68.0. The molecule has 3 nitrogen and oxygen atoms in total. The van der Waals surface area contributed by atoms with Crippen LogP contribution in [0.4, 0.5) is 13.2 Å². The molecule has 104 valence electrons. The number of sulfone groups is 1. The maximum absolute atomic E-state index is 12.7. The largest absolute Gasteiger partial charge is 0.455 e. The highest BCUT2D eigenvalue weighted by molar-refractivity contribution is 7.91. The zero-order valence-corrected chi connectivity index (χ0v) is 10.6. The molecule has 0 N–H and O–H groups in total. The van der Waals surface area contributed by atoms with Crippen LogP contribution in [0.25, 0.3) is 0 Å². The summed E-state index contributed by atoms with van der Waals surface area (Å²) in [7, 11) is -4.01. The first kappa shape index (κ1) is 13.0. The van der Waals surface area contributed by atoms with Gasteiger partial charge in [0.05, 0.1) is 5.56 Å². The molecule has 2 aromatic rings. The molecule has 0 saturated heterocycles. The lowest BCUT2D eigenvalue weighted by Crippen LogP contribution is -2.13. The van der Waals surface area contributed by atoms with Gasteiger partial charge in [0, 0.05) is 0 Å². The first-order chi connectivity index (χ1) is 9.30. The van der Waals surface area contributed by atoms with Gasteiger partial charge in [0.15, 0.2) is 0 Å². The van der Waals surface area contributed by atoms with E-state index in [-0.39, 0.29) is 16.4 Å². The first-order valence-electron chi connectivity index (χ1n) is 5.53. The topological polar surface area (TPSA) is 43.4 Å². The van der Waals surface area contributed by atoms with Crippen molar-refractivity contribution in [1.82, 2.24) is 0 Å². The Hall–Kier alpha value is -2.02. The van der Waals surface area contributed by atoms with Crippen LogP contribution in [0.2, 0.25) is 0 Å². The van der Waals surface area contributed by atoms with Gasteiger partial charge in [-0.3, -0.25) is 0 Å². The van der Waals surface area contributed by atoms with Gasteiger partial charge in [-0.15, -0.1) is 0 Å². The lowest BCUT2D eigenvalue weighted by atomic mass is 10.2. The predicted octanol–water partition coefficient (Wildman–Crippen LogP) is 3.64. The Bertz CT molecular complexity index is 795. The van der Waals surface area contributed by atoms with E-state index in [0.717, 1.165) is 12.1 Å². The maximum atomic E-state index is 12.7. The van der Waals surface area contributed by atoms with Crippen LogP contribution in [0, 0.1) is 0 Å². The number of fused-ring (bicyclic) bond motifs is 2. The van der Waals surface area contributed by atoms with Gasteiger partial charge in [0.1, 0.15) is 21.3 Å². The molecule has 0 saturated carbocycles. The van der Waals surface area contributed by atoms with Crippen LogP contribution in [0.5, 0.6) is 11.5 Å². The van der Waals surface area contributed by atoms with Crippen molar-refractivity contribution in [1.29, 1.82) is 0 Å². The molecule has 7 heteroatoms. The lowest BCUT2D eigenvalue weighted by molar-refractivity contribution is -0.137. The Labute approximate surface area is 112 Å². The van der Waals surface area contributed by atoms with E-state index in [9.17, 15) is 21.6 Å². The molecule has 0 unspecified atom stereocenters. The molecule has 1 aliphatic heterocycles. The summed E-state index contributed by atoms with van der Waals surface area (Å²) in [6.45, 7) is 0. The van der Waals surface area contributed by atoms with Gasteiger partial charge < -0.3 is 4.74 Å². The SMILES string of the molecule is O=S1(=O)c2ccccc2Oc2ccc(C(F)(F)F)cc21. The van der Waals surface area contributed by atoms with Crippen LogP contribution in [-0.2, 0) is 16.0 Å². The molecule has 0 aliphatic carbocycles. The molecule has 0 aromatic heterocycles. The highest BCUT2D eigenvalue weighted by Gasteiger charge is 2.36. The normalized spacial score (nSPS) is 15.9. The number of halogens is 3. The fraction of sp³-hybridized carbons (Fsp3) is 0.0769. The van der Waals surface area contributed by atoms with E-state index < -0.39 is 26.5 Å². The molecule has 0 spiro atoms. The number of rotatable bonds is 0. The fourth-order valence-electron chi connectivity index (χ4n) is 1.97. The van der Waals surface area contributed by atoms with Crippen LogP contribution in [-0.4, -0.2) is 8.42 Å². The zero-order chi connectivity index (χ0) is 14.5. The third-order valence-corrected chi connectivity index (χ3v) is 4.73. The molecule has 0 radical (unpaired) electrons. The molecule has 3 rings (SSSR count). The Kier molecular flexibility index (Phi) is 2.59. The smallest absolute Gasteiger partial charge is 0.416 e. The molecular formula is C13H7F3O3S. The molecular weight excluding hydrogens is 293 g/mol. The molecule has 1 heterocycles. The van der Waals surface area contributed by atoms with Crippen molar-refractivity contribution in [2.24, 2.45) is 0 Å². The van der Waals surface area contributed by atoms with E-state index in [1.54, 1.807) is 6.07 Å². The number of benzene rings is 2. The fourth-order valence-corrected chi connectivity index (χ4v) is 3.50. The van der Waals surface area contributed by atoms with Crippen molar-refractivity contribution < 1.29 is 26.3 Å². The summed E-state index contributed by atoms with van der Waals surface area (Å²) >= 11 is 0. The third-order valence-electron chi connectivity index (χ3n) is 2.92. The third kappa shape index (κ3) is 1.85. The number of para-hydroxylation sites is 1. The van der Waals surface area contributed by atoms with E-state index in [4.69, 9.17) is 4.74 Å². The highest BCUT2D eigenvalue weighted by atomic mass is 32.2. The quantitative estimate of drug-likeness (QED) is 0.636. The first-order valence-corrected chi connectivity index (χ1v) is 7.02. The van der Waals surface area contributed by atoms with Crippen LogP contribution < -0.4 is 4.74 Å². The molecule has 0 atom stereocenters. The van der Waals surface area contributed by atoms with Crippen molar-refractivity contribution in [3.8, 4) is 11.5 Å². The van der Waals surface area contributed by atoms with Gasteiger partial charge in [-0.1, -0.05) is 12.1 Å². The van der Waals surface area contributed by atoms with Crippen LogP contribution in [0.3, 0.4) is 0 Å². The second-order valence-corrected chi connectivity index (χ2v) is 6.10. The van der Waals surface area contributed by atoms with E-state index in [0.29, 0.717) is 6.07 Å². The summed E-state index contributed by atoms with van der Waals surface area (Å²) in [4.78, 5) is -0.599. The molecule has 20 heavy (non-hydrogen) atoms. The number of hydrogen-bond acceptors (Lipinski definition) is 3. The number of hydrogen-bond donors (Lipinski definition) is 0. The van der Waals surface area contributed by atoms with E-state index in [1.165, 1.54) is 18.2 Å². The molecule has 2 aromatic carbocycles. The summed E-state index contributed by atoms with van der Waals surface area (Å²) in [5, 5.41) is 0. The Morgan fingerprint density at radius 3 is 2.25 bits per heavy atom. The van der Waals surface area contributed by atoms with Gasteiger partial charge in [0.25, 0.3) is 0 Å². The van der Waals surface area contributed by atoms with E-state index in [2.05, 4.69) is 0 Å². The average molecular weight is 300 g/mol. The Balaban J connectivity index is 2.26. The zero-order valence-electron chi connectivity index (χ0n) is 9.81. The second kappa shape index (κ2) is 3.99. The van der Waals surface area contributed by atoms with Crippen molar-refractivity contribution in [3.63, 3.8) is 0 Å². The molecule has 0 fully saturated rings. The minimum Gasteiger partial charge on any atom is -0.455 e. The molecule has 0 bridgehead atoms. The van der Waals surface area contributed by atoms with Gasteiger partial charge in [-0.2, -0.15) is 13.2 Å². The van der Waals surface area contributed by atoms with Crippen LogP contribution in [0.15, 0.2) is 52.3 Å². The summed E-state index contributed by atoms with van der Waals surface area (Å²) in [6, 6.07) is 8.23.